The zero-order valence-electron chi connectivity index (χ0n) is 13.7. The molecule has 118 valence electrons. The highest BCUT2D eigenvalue weighted by Gasteiger charge is 2.65. The number of H-pyrrole nitrogens is 1. The van der Waals surface area contributed by atoms with Gasteiger partial charge in [0.1, 0.15) is 0 Å². The Hall–Kier alpha value is -1.81. The van der Waals surface area contributed by atoms with Gasteiger partial charge >= 0.3 is 0 Å². The van der Waals surface area contributed by atoms with E-state index in [1.165, 1.54) is 0 Å². The number of nitrogens with two attached hydrogens (primary N) is 1. The van der Waals surface area contributed by atoms with Gasteiger partial charge in [0.05, 0.1) is 6.04 Å². The molecule has 3 rings (SSSR count). The van der Waals surface area contributed by atoms with E-state index in [9.17, 15) is 4.79 Å². The van der Waals surface area contributed by atoms with E-state index in [1.807, 2.05) is 24.4 Å². The second kappa shape index (κ2) is 4.85. The van der Waals surface area contributed by atoms with Gasteiger partial charge in [-0.3, -0.25) is 4.79 Å². The summed E-state index contributed by atoms with van der Waals surface area (Å²) in [5, 5.41) is 4.26. The quantitative estimate of drug-likeness (QED) is 0.812. The molecule has 0 saturated heterocycles. The van der Waals surface area contributed by atoms with Crippen molar-refractivity contribution in [1.29, 1.82) is 0 Å². The lowest BCUT2D eigenvalue weighted by Crippen LogP contribution is -2.44. The Morgan fingerprint density at radius 2 is 1.91 bits per heavy atom. The Labute approximate surface area is 131 Å². The van der Waals surface area contributed by atoms with Gasteiger partial charge in [-0.15, -0.1) is 0 Å². The summed E-state index contributed by atoms with van der Waals surface area (Å²) >= 11 is 0. The first-order valence-electron chi connectivity index (χ1n) is 7.86. The van der Waals surface area contributed by atoms with E-state index in [0.717, 1.165) is 16.5 Å². The minimum Gasteiger partial charge on any atom is -0.361 e. The summed E-state index contributed by atoms with van der Waals surface area (Å²) in [6.07, 6.45) is 2.49. The smallest absolute Gasteiger partial charge is 0.237 e. The van der Waals surface area contributed by atoms with Crippen LogP contribution in [-0.4, -0.2) is 23.0 Å². The molecular formula is C18H25N3O. The third-order valence-electron chi connectivity index (χ3n) is 5.76. The molecule has 1 atom stereocenters. The van der Waals surface area contributed by atoms with Crippen LogP contribution in [0.25, 0.3) is 10.9 Å². The average Bonchev–Trinajstić information content (AvgIpc) is 2.80. The number of carbonyl (C=O) groups is 1. The van der Waals surface area contributed by atoms with Crippen molar-refractivity contribution < 1.29 is 4.79 Å². The van der Waals surface area contributed by atoms with Crippen LogP contribution < -0.4 is 11.1 Å². The second-order valence-corrected chi connectivity index (χ2v) is 7.56. The molecule has 22 heavy (non-hydrogen) atoms. The van der Waals surface area contributed by atoms with Crippen molar-refractivity contribution in [2.45, 2.75) is 46.2 Å². The highest BCUT2D eigenvalue weighted by Crippen LogP contribution is 2.62. The Morgan fingerprint density at radius 3 is 2.55 bits per heavy atom. The third-order valence-corrected chi connectivity index (χ3v) is 5.76. The summed E-state index contributed by atoms with van der Waals surface area (Å²) in [6.45, 7) is 8.73. The van der Waals surface area contributed by atoms with Gasteiger partial charge in [0.15, 0.2) is 0 Å². The summed E-state index contributed by atoms with van der Waals surface area (Å²) in [6, 6.07) is 7.75. The van der Waals surface area contributed by atoms with Crippen molar-refractivity contribution in [3.8, 4) is 0 Å². The van der Waals surface area contributed by atoms with E-state index >= 15 is 0 Å². The molecule has 1 heterocycles. The van der Waals surface area contributed by atoms with Crippen LogP contribution in [0.15, 0.2) is 30.5 Å². The van der Waals surface area contributed by atoms with E-state index in [2.05, 4.69) is 44.1 Å². The zero-order chi connectivity index (χ0) is 16.1. The standard InChI is InChI=1S/C18H25N3O/c1-17(2)16(18(17,3)4)21-15(22)13(19)9-11-10-20-14-8-6-5-7-12(11)14/h5-8,10,13,16,20H,9,19H2,1-4H3,(H,21,22)/t13-/m0/s1. The van der Waals surface area contributed by atoms with Crippen molar-refractivity contribution in [1.82, 2.24) is 10.3 Å². The number of hydrogen-bond acceptors (Lipinski definition) is 2. The first kappa shape index (κ1) is 15.1. The molecule has 0 aliphatic heterocycles. The topological polar surface area (TPSA) is 70.9 Å². The molecule has 1 aliphatic carbocycles. The normalized spacial score (nSPS) is 20.8. The largest absolute Gasteiger partial charge is 0.361 e. The van der Waals surface area contributed by atoms with E-state index in [-0.39, 0.29) is 22.8 Å². The highest BCUT2D eigenvalue weighted by molar-refractivity contribution is 5.86. The molecule has 0 spiro atoms. The van der Waals surface area contributed by atoms with Gasteiger partial charge in [-0.25, -0.2) is 0 Å². The van der Waals surface area contributed by atoms with Crippen molar-refractivity contribution in [3.63, 3.8) is 0 Å². The molecule has 4 nitrogen and oxygen atoms in total. The first-order valence-corrected chi connectivity index (χ1v) is 7.86. The van der Waals surface area contributed by atoms with Gasteiger partial charge in [-0.05, 0) is 28.9 Å². The van der Waals surface area contributed by atoms with Crippen LogP contribution in [0.5, 0.6) is 0 Å². The van der Waals surface area contributed by atoms with Crippen molar-refractivity contribution in [2.75, 3.05) is 0 Å². The van der Waals surface area contributed by atoms with Crippen molar-refractivity contribution in [3.05, 3.63) is 36.0 Å². The number of rotatable bonds is 4. The number of aromatic nitrogens is 1. The molecule has 2 aromatic rings. The molecule has 1 aromatic carbocycles. The van der Waals surface area contributed by atoms with Crippen LogP contribution in [0.3, 0.4) is 0 Å². The lowest BCUT2D eigenvalue weighted by molar-refractivity contribution is -0.122. The van der Waals surface area contributed by atoms with E-state index in [0.29, 0.717) is 6.42 Å². The molecule has 4 N–H and O–H groups in total. The molecule has 0 unspecified atom stereocenters. The monoisotopic (exact) mass is 299 g/mol. The van der Waals surface area contributed by atoms with E-state index < -0.39 is 6.04 Å². The van der Waals surface area contributed by atoms with Crippen LogP contribution >= 0.6 is 0 Å². The first-order chi connectivity index (χ1) is 10.2. The number of fused-ring (bicyclic) bond motifs is 1. The molecule has 1 amide bonds. The number of amides is 1. The van der Waals surface area contributed by atoms with Gasteiger partial charge in [-0.2, -0.15) is 0 Å². The van der Waals surface area contributed by atoms with Crippen molar-refractivity contribution >= 4 is 16.8 Å². The number of benzene rings is 1. The number of nitrogens with one attached hydrogen (secondary N) is 2. The summed E-state index contributed by atoms with van der Waals surface area (Å²) in [4.78, 5) is 15.6. The van der Waals surface area contributed by atoms with Gasteiger partial charge in [-0.1, -0.05) is 45.9 Å². The van der Waals surface area contributed by atoms with Gasteiger partial charge in [0.25, 0.3) is 0 Å². The summed E-state index contributed by atoms with van der Waals surface area (Å²) < 4.78 is 0. The van der Waals surface area contributed by atoms with Gasteiger partial charge < -0.3 is 16.0 Å². The number of hydrogen-bond donors (Lipinski definition) is 3. The number of para-hydroxylation sites is 1. The Kier molecular flexibility index (Phi) is 3.33. The lowest BCUT2D eigenvalue weighted by Gasteiger charge is -2.13. The fourth-order valence-electron chi connectivity index (χ4n) is 3.44. The molecule has 1 aromatic heterocycles. The lowest BCUT2D eigenvalue weighted by atomic mass is 10.0. The van der Waals surface area contributed by atoms with E-state index in [1.54, 1.807) is 0 Å². The van der Waals surface area contributed by atoms with Crippen molar-refractivity contribution in [2.24, 2.45) is 16.6 Å². The second-order valence-electron chi connectivity index (χ2n) is 7.56. The maximum Gasteiger partial charge on any atom is 0.237 e. The molecule has 1 fully saturated rings. The van der Waals surface area contributed by atoms with Crippen LogP contribution in [0.2, 0.25) is 0 Å². The zero-order valence-corrected chi connectivity index (χ0v) is 13.7. The Morgan fingerprint density at radius 1 is 1.27 bits per heavy atom. The maximum atomic E-state index is 12.4. The fraction of sp³-hybridized carbons (Fsp3) is 0.500. The molecule has 4 heteroatoms. The van der Waals surface area contributed by atoms with Crippen LogP contribution in [0.4, 0.5) is 0 Å². The van der Waals surface area contributed by atoms with E-state index in [4.69, 9.17) is 5.73 Å². The predicted molar refractivity (Wildman–Crippen MR) is 89.5 cm³/mol. The minimum absolute atomic E-state index is 0.0612. The number of aromatic amines is 1. The summed E-state index contributed by atoms with van der Waals surface area (Å²) in [7, 11) is 0. The predicted octanol–water partition coefficient (Wildman–Crippen LogP) is 2.59. The third kappa shape index (κ3) is 2.22. The highest BCUT2D eigenvalue weighted by atomic mass is 16.2. The SMILES string of the molecule is CC1(C)C(NC(=O)[C@@H](N)Cc2c[nH]c3ccccc23)C1(C)C. The molecule has 0 radical (unpaired) electrons. The van der Waals surface area contributed by atoms with Crippen LogP contribution in [-0.2, 0) is 11.2 Å². The average molecular weight is 299 g/mol. The molecule has 0 bridgehead atoms. The summed E-state index contributed by atoms with van der Waals surface area (Å²) in [5.41, 5.74) is 8.55. The molecule has 1 aliphatic rings. The Bertz CT molecular complexity index is 700. The van der Waals surface area contributed by atoms with Gasteiger partial charge in [0, 0.05) is 23.1 Å². The minimum atomic E-state index is -0.522. The van der Waals surface area contributed by atoms with Crippen LogP contribution in [0.1, 0.15) is 33.3 Å². The summed E-state index contributed by atoms with van der Waals surface area (Å²) in [5.74, 6) is -0.0612. The van der Waals surface area contributed by atoms with Gasteiger partial charge in [0.2, 0.25) is 5.91 Å². The molecule has 1 saturated carbocycles. The Balaban J connectivity index is 1.67. The molecular weight excluding hydrogens is 274 g/mol. The fourth-order valence-corrected chi connectivity index (χ4v) is 3.44. The maximum absolute atomic E-state index is 12.4. The van der Waals surface area contributed by atoms with Crippen LogP contribution in [0, 0.1) is 10.8 Å². The number of carbonyl (C=O) groups excluding carboxylic acids is 1.